The van der Waals surface area contributed by atoms with Gasteiger partial charge in [0.25, 0.3) is 0 Å². The Kier molecular flexibility index (Phi) is 4.21. The van der Waals surface area contributed by atoms with E-state index in [0.717, 1.165) is 37.2 Å². The largest absolute Gasteiger partial charge is 0.379 e. The van der Waals surface area contributed by atoms with Crippen LogP contribution in [0.2, 0.25) is 0 Å². The van der Waals surface area contributed by atoms with E-state index in [-0.39, 0.29) is 0 Å². The Hall–Kier alpha value is -0.840. The van der Waals surface area contributed by atoms with Gasteiger partial charge in [-0.3, -0.25) is 4.90 Å². The number of aryl methyl sites for hydroxylation is 1. The molecule has 19 heavy (non-hydrogen) atoms. The van der Waals surface area contributed by atoms with Crippen molar-refractivity contribution in [3.05, 3.63) is 34.4 Å². The molecule has 1 aromatic heterocycles. The highest BCUT2D eigenvalue weighted by Crippen LogP contribution is 2.26. The van der Waals surface area contributed by atoms with Crippen LogP contribution in [0.3, 0.4) is 0 Å². The zero-order chi connectivity index (χ0) is 13.1. The van der Waals surface area contributed by atoms with Crippen molar-refractivity contribution in [2.75, 3.05) is 32.8 Å². The number of H-pyrrole nitrogens is 1. The lowest BCUT2D eigenvalue weighted by Crippen LogP contribution is -2.36. The second-order valence-electron chi connectivity index (χ2n) is 5.03. The van der Waals surface area contributed by atoms with Crippen molar-refractivity contribution in [2.24, 2.45) is 0 Å². The molecular formula is C15H19BrN2O. The molecule has 0 unspecified atom stereocenters. The van der Waals surface area contributed by atoms with Crippen LogP contribution in [0.4, 0.5) is 0 Å². The number of hydrogen-bond donors (Lipinski definition) is 1. The lowest BCUT2D eigenvalue weighted by Gasteiger charge is -2.26. The number of morpholine rings is 1. The van der Waals surface area contributed by atoms with E-state index in [1.54, 1.807) is 0 Å². The van der Waals surface area contributed by atoms with E-state index < -0.39 is 0 Å². The summed E-state index contributed by atoms with van der Waals surface area (Å²) in [7, 11) is 0. The second kappa shape index (κ2) is 6.07. The van der Waals surface area contributed by atoms with Crippen LogP contribution in [-0.2, 0) is 11.2 Å². The minimum Gasteiger partial charge on any atom is -0.379 e. The van der Waals surface area contributed by atoms with Gasteiger partial charge in [0.15, 0.2) is 0 Å². The summed E-state index contributed by atoms with van der Waals surface area (Å²) >= 11 is 3.59. The molecule has 1 aliphatic heterocycles. The van der Waals surface area contributed by atoms with Crippen LogP contribution in [0.5, 0.6) is 0 Å². The first-order chi connectivity index (χ1) is 9.34. The van der Waals surface area contributed by atoms with Crippen molar-refractivity contribution >= 4 is 26.8 Å². The van der Waals surface area contributed by atoms with Gasteiger partial charge in [0.2, 0.25) is 0 Å². The van der Waals surface area contributed by atoms with Crippen LogP contribution in [0, 0.1) is 0 Å². The number of ether oxygens (including phenoxy) is 1. The minimum absolute atomic E-state index is 0.889. The Morgan fingerprint density at radius 2 is 2.11 bits per heavy atom. The van der Waals surface area contributed by atoms with Crippen LogP contribution in [0.15, 0.2) is 28.9 Å². The van der Waals surface area contributed by atoms with Gasteiger partial charge in [-0.25, -0.2) is 0 Å². The van der Waals surface area contributed by atoms with Crippen molar-refractivity contribution in [3.63, 3.8) is 0 Å². The number of halogens is 1. The Labute approximate surface area is 122 Å². The third-order valence-electron chi connectivity index (χ3n) is 3.77. The molecule has 3 rings (SSSR count). The number of aromatic amines is 1. The van der Waals surface area contributed by atoms with Crippen LogP contribution in [-0.4, -0.2) is 42.7 Å². The summed E-state index contributed by atoms with van der Waals surface area (Å²) in [6.45, 7) is 5.11. The molecule has 3 nitrogen and oxygen atoms in total. The average molecular weight is 323 g/mol. The fourth-order valence-corrected chi connectivity index (χ4v) is 3.18. The lowest BCUT2D eigenvalue weighted by molar-refractivity contribution is 0.0375. The monoisotopic (exact) mass is 322 g/mol. The summed E-state index contributed by atoms with van der Waals surface area (Å²) in [5.41, 5.74) is 2.63. The van der Waals surface area contributed by atoms with Crippen molar-refractivity contribution in [3.8, 4) is 0 Å². The van der Waals surface area contributed by atoms with E-state index in [9.17, 15) is 0 Å². The quantitative estimate of drug-likeness (QED) is 0.936. The number of nitrogens with one attached hydrogen (secondary N) is 1. The summed E-state index contributed by atoms with van der Waals surface area (Å²) in [5.74, 6) is 0. The third-order valence-corrected chi connectivity index (χ3v) is 4.44. The first-order valence-corrected chi connectivity index (χ1v) is 7.68. The average Bonchev–Trinajstić information content (AvgIpc) is 2.85. The van der Waals surface area contributed by atoms with Crippen molar-refractivity contribution in [1.29, 1.82) is 0 Å². The fourth-order valence-electron chi connectivity index (χ4n) is 2.70. The van der Waals surface area contributed by atoms with Crippen molar-refractivity contribution in [2.45, 2.75) is 12.8 Å². The SMILES string of the molecule is Brc1cccc2c(CCCN3CCOCC3)c[nH]c12. The Morgan fingerprint density at radius 3 is 2.95 bits per heavy atom. The van der Waals surface area contributed by atoms with Crippen LogP contribution in [0.25, 0.3) is 10.9 Å². The van der Waals surface area contributed by atoms with Gasteiger partial charge in [-0.1, -0.05) is 12.1 Å². The molecule has 0 amide bonds. The van der Waals surface area contributed by atoms with Gasteiger partial charge in [0.05, 0.1) is 18.7 Å². The molecular weight excluding hydrogens is 304 g/mol. The molecule has 4 heteroatoms. The number of aromatic nitrogens is 1. The summed E-state index contributed by atoms with van der Waals surface area (Å²) in [6, 6.07) is 6.38. The van der Waals surface area contributed by atoms with Crippen LogP contribution in [0.1, 0.15) is 12.0 Å². The normalized spacial score (nSPS) is 17.1. The van der Waals surface area contributed by atoms with Crippen LogP contribution >= 0.6 is 15.9 Å². The predicted molar refractivity (Wildman–Crippen MR) is 81.6 cm³/mol. The molecule has 0 radical (unpaired) electrons. The first kappa shape index (κ1) is 13.2. The third kappa shape index (κ3) is 3.02. The van der Waals surface area contributed by atoms with E-state index in [0.29, 0.717) is 0 Å². The van der Waals surface area contributed by atoms with Gasteiger partial charge < -0.3 is 9.72 Å². The molecule has 1 saturated heterocycles. The van der Waals surface area contributed by atoms with Gasteiger partial charge in [-0.2, -0.15) is 0 Å². The molecule has 0 bridgehead atoms. The molecule has 0 aliphatic carbocycles. The Morgan fingerprint density at radius 1 is 1.26 bits per heavy atom. The number of nitrogens with zero attached hydrogens (tertiary/aromatic N) is 1. The van der Waals surface area contributed by atoms with Crippen molar-refractivity contribution in [1.82, 2.24) is 9.88 Å². The molecule has 1 N–H and O–H groups in total. The summed E-state index contributed by atoms with van der Waals surface area (Å²) < 4.78 is 6.51. The molecule has 2 aromatic rings. The van der Waals surface area contributed by atoms with Crippen molar-refractivity contribution < 1.29 is 4.74 Å². The summed E-state index contributed by atoms with van der Waals surface area (Å²) in [6.07, 6.45) is 4.49. The van der Waals surface area contributed by atoms with E-state index in [4.69, 9.17) is 4.74 Å². The maximum absolute atomic E-state index is 5.37. The molecule has 1 fully saturated rings. The Balaban J connectivity index is 1.60. The highest BCUT2D eigenvalue weighted by molar-refractivity contribution is 9.10. The predicted octanol–water partition coefficient (Wildman–Crippen LogP) is 3.20. The Bertz CT molecular complexity index is 546. The summed E-state index contributed by atoms with van der Waals surface area (Å²) in [5, 5.41) is 1.34. The maximum Gasteiger partial charge on any atom is 0.0601 e. The molecule has 1 aromatic carbocycles. The second-order valence-corrected chi connectivity index (χ2v) is 5.89. The minimum atomic E-state index is 0.889. The number of hydrogen-bond acceptors (Lipinski definition) is 2. The maximum atomic E-state index is 5.37. The number of para-hydroxylation sites is 1. The number of benzene rings is 1. The molecule has 0 atom stereocenters. The summed E-state index contributed by atoms with van der Waals surface area (Å²) in [4.78, 5) is 5.86. The van der Waals surface area contributed by atoms with Gasteiger partial charge in [-0.05, 0) is 46.9 Å². The zero-order valence-corrected chi connectivity index (χ0v) is 12.6. The molecule has 0 spiro atoms. The van der Waals surface area contributed by atoms with Crippen LogP contribution < -0.4 is 0 Å². The van der Waals surface area contributed by atoms with E-state index in [1.165, 1.54) is 29.4 Å². The highest BCUT2D eigenvalue weighted by Gasteiger charge is 2.10. The van der Waals surface area contributed by atoms with E-state index in [1.807, 2.05) is 0 Å². The van der Waals surface area contributed by atoms with E-state index in [2.05, 4.69) is 50.2 Å². The fraction of sp³-hybridized carbons (Fsp3) is 0.467. The van der Waals surface area contributed by atoms with Gasteiger partial charge >= 0.3 is 0 Å². The number of rotatable bonds is 4. The van der Waals surface area contributed by atoms with Gasteiger partial charge in [0, 0.05) is 29.1 Å². The molecule has 1 aliphatic rings. The van der Waals surface area contributed by atoms with E-state index >= 15 is 0 Å². The zero-order valence-electron chi connectivity index (χ0n) is 11.0. The lowest BCUT2D eigenvalue weighted by atomic mass is 10.1. The molecule has 102 valence electrons. The number of fused-ring (bicyclic) bond motifs is 1. The first-order valence-electron chi connectivity index (χ1n) is 6.89. The standard InChI is InChI=1S/C15H19BrN2O/c16-14-5-1-4-13-12(11-17-15(13)14)3-2-6-18-7-9-19-10-8-18/h1,4-5,11,17H,2-3,6-10H2. The van der Waals surface area contributed by atoms with Gasteiger partial charge in [0.1, 0.15) is 0 Å². The molecule has 2 heterocycles. The van der Waals surface area contributed by atoms with Gasteiger partial charge in [-0.15, -0.1) is 0 Å². The smallest absolute Gasteiger partial charge is 0.0601 e. The topological polar surface area (TPSA) is 28.3 Å². The highest BCUT2D eigenvalue weighted by atomic mass is 79.9. The molecule has 0 saturated carbocycles.